The van der Waals surface area contributed by atoms with Crippen molar-refractivity contribution in [3.05, 3.63) is 65.7 Å². The Morgan fingerprint density at radius 3 is 2.39 bits per heavy atom. The van der Waals surface area contributed by atoms with Crippen molar-refractivity contribution in [2.45, 2.75) is 31.5 Å². The fourth-order valence-electron chi connectivity index (χ4n) is 5.07. The molecule has 2 aliphatic heterocycles. The van der Waals surface area contributed by atoms with E-state index in [1.54, 1.807) is 19.2 Å². The van der Waals surface area contributed by atoms with E-state index in [4.69, 9.17) is 4.74 Å². The Balaban J connectivity index is 1.38. The average Bonchev–Trinajstić information content (AvgIpc) is 3.21. The molecule has 1 aromatic heterocycles. The van der Waals surface area contributed by atoms with Gasteiger partial charge >= 0.3 is 0 Å². The van der Waals surface area contributed by atoms with Gasteiger partial charge in [0.2, 0.25) is 0 Å². The van der Waals surface area contributed by atoms with E-state index >= 15 is 0 Å². The molecule has 0 saturated carbocycles. The number of piperidine rings is 1. The maximum absolute atomic E-state index is 13.5. The molecule has 2 aliphatic rings. The number of hydrogen-bond donors (Lipinski definition) is 0. The Bertz CT molecular complexity index is 1040. The van der Waals surface area contributed by atoms with Crippen LogP contribution in [-0.2, 0) is 18.6 Å². The van der Waals surface area contributed by atoms with Crippen LogP contribution in [0.5, 0.6) is 5.75 Å². The first kappa shape index (κ1) is 20.2. The number of likely N-dealkylation sites (N-methyl/N-ethyl adjacent to an activating group) is 1. The number of hydrogen-bond acceptors (Lipinski definition) is 5. The first-order valence-corrected chi connectivity index (χ1v) is 10.8. The molecule has 1 fully saturated rings. The summed E-state index contributed by atoms with van der Waals surface area (Å²) in [5.41, 5.74) is 2.19. The lowest BCUT2D eigenvalue weighted by molar-refractivity contribution is 0.0490. The third-order valence-electron chi connectivity index (χ3n) is 6.63. The molecule has 0 N–H and O–H groups in total. The van der Waals surface area contributed by atoms with Crippen LogP contribution in [0.2, 0.25) is 0 Å². The molecule has 0 unspecified atom stereocenters. The Morgan fingerprint density at radius 2 is 1.71 bits per heavy atom. The van der Waals surface area contributed by atoms with Crippen LogP contribution in [0.25, 0.3) is 11.4 Å². The molecular weight excluding hydrogens is 393 g/mol. The summed E-state index contributed by atoms with van der Waals surface area (Å²) in [6, 6.07) is 14.9. The lowest BCUT2D eigenvalue weighted by Crippen LogP contribution is -2.55. The standard InChI is InChI=1S/C24H28FN5O/c1-28-16-22-26-27-23(19-5-7-20(25)8-6-19)30(22)24(17-28)11-13-29(14-12-24)15-18-3-9-21(31-2)10-4-18/h3-10H,11-17H2,1-2H3. The largest absolute Gasteiger partial charge is 0.497 e. The van der Waals surface area contributed by atoms with Gasteiger partial charge in [0.1, 0.15) is 17.4 Å². The quantitative estimate of drug-likeness (QED) is 0.645. The van der Waals surface area contributed by atoms with Gasteiger partial charge in [-0.1, -0.05) is 12.1 Å². The average molecular weight is 422 g/mol. The van der Waals surface area contributed by atoms with E-state index in [0.29, 0.717) is 0 Å². The fraction of sp³-hybridized carbons (Fsp3) is 0.417. The monoisotopic (exact) mass is 421 g/mol. The molecule has 0 atom stereocenters. The molecule has 5 rings (SSSR count). The van der Waals surface area contributed by atoms with Gasteiger partial charge in [0.15, 0.2) is 5.82 Å². The molecule has 31 heavy (non-hydrogen) atoms. The van der Waals surface area contributed by atoms with Gasteiger partial charge in [0, 0.05) is 31.7 Å². The minimum absolute atomic E-state index is 0.0358. The minimum atomic E-state index is -0.233. The predicted octanol–water partition coefficient (Wildman–Crippen LogP) is 3.53. The van der Waals surface area contributed by atoms with Crippen molar-refractivity contribution in [3.63, 3.8) is 0 Å². The maximum atomic E-state index is 13.5. The molecule has 1 saturated heterocycles. The van der Waals surface area contributed by atoms with E-state index in [1.165, 1.54) is 17.7 Å². The van der Waals surface area contributed by atoms with Crippen molar-refractivity contribution in [1.82, 2.24) is 24.6 Å². The summed E-state index contributed by atoms with van der Waals surface area (Å²) in [5, 5.41) is 9.03. The normalized spacial score (nSPS) is 18.8. The van der Waals surface area contributed by atoms with Crippen molar-refractivity contribution in [1.29, 1.82) is 0 Å². The van der Waals surface area contributed by atoms with Crippen molar-refractivity contribution < 1.29 is 9.13 Å². The summed E-state index contributed by atoms with van der Waals surface area (Å²) in [5.74, 6) is 2.51. The van der Waals surface area contributed by atoms with Gasteiger partial charge in [-0.15, -0.1) is 10.2 Å². The van der Waals surface area contributed by atoms with Crippen LogP contribution in [0.3, 0.4) is 0 Å². The molecule has 0 bridgehead atoms. The zero-order chi connectivity index (χ0) is 21.4. The van der Waals surface area contributed by atoms with Crippen molar-refractivity contribution in [2.75, 3.05) is 33.8 Å². The van der Waals surface area contributed by atoms with Crippen molar-refractivity contribution in [2.24, 2.45) is 0 Å². The summed E-state index contributed by atoms with van der Waals surface area (Å²) >= 11 is 0. The van der Waals surface area contributed by atoms with Crippen LogP contribution in [0, 0.1) is 5.82 Å². The van der Waals surface area contributed by atoms with Gasteiger partial charge in [-0.2, -0.15) is 0 Å². The third kappa shape index (κ3) is 3.83. The molecule has 3 aromatic rings. The zero-order valence-corrected chi connectivity index (χ0v) is 18.1. The van der Waals surface area contributed by atoms with Crippen LogP contribution in [-0.4, -0.2) is 58.4 Å². The Hall–Kier alpha value is -2.77. The molecule has 162 valence electrons. The zero-order valence-electron chi connectivity index (χ0n) is 18.1. The number of fused-ring (bicyclic) bond motifs is 2. The second-order valence-corrected chi connectivity index (χ2v) is 8.80. The van der Waals surface area contributed by atoms with E-state index < -0.39 is 0 Å². The van der Waals surface area contributed by atoms with E-state index in [9.17, 15) is 4.39 Å². The maximum Gasteiger partial charge on any atom is 0.164 e. The summed E-state index contributed by atoms with van der Waals surface area (Å²) in [6.45, 7) is 4.73. The van der Waals surface area contributed by atoms with E-state index in [2.05, 4.69) is 43.7 Å². The van der Waals surface area contributed by atoms with Crippen LogP contribution in [0.1, 0.15) is 24.2 Å². The van der Waals surface area contributed by atoms with Crippen molar-refractivity contribution >= 4 is 0 Å². The SMILES string of the molecule is COc1ccc(CN2CCC3(CC2)CN(C)Cc2nnc(-c4ccc(F)cc4)n23)cc1. The fourth-order valence-corrected chi connectivity index (χ4v) is 5.07. The van der Waals surface area contributed by atoms with Gasteiger partial charge in [0.25, 0.3) is 0 Å². The third-order valence-corrected chi connectivity index (χ3v) is 6.63. The van der Waals surface area contributed by atoms with Gasteiger partial charge in [-0.3, -0.25) is 9.80 Å². The van der Waals surface area contributed by atoms with Gasteiger partial charge < -0.3 is 9.30 Å². The van der Waals surface area contributed by atoms with Gasteiger partial charge in [0.05, 0.1) is 19.2 Å². The van der Waals surface area contributed by atoms with Gasteiger partial charge in [-0.05, 0) is 61.9 Å². The smallest absolute Gasteiger partial charge is 0.164 e. The molecule has 3 heterocycles. The highest BCUT2D eigenvalue weighted by Gasteiger charge is 2.43. The summed E-state index contributed by atoms with van der Waals surface area (Å²) in [4.78, 5) is 4.86. The van der Waals surface area contributed by atoms with Crippen LogP contribution in [0.15, 0.2) is 48.5 Å². The highest BCUT2D eigenvalue weighted by atomic mass is 19.1. The van der Waals surface area contributed by atoms with Crippen LogP contribution >= 0.6 is 0 Å². The number of nitrogens with zero attached hydrogens (tertiary/aromatic N) is 5. The second-order valence-electron chi connectivity index (χ2n) is 8.80. The lowest BCUT2D eigenvalue weighted by Gasteiger charge is -2.48. The van der Waals surface area contributed by atoms with Gasteiger partial charge in [-0.25, -0.2) is 4.39 Å². The van der Waals surface area contributed by atoms with Crippen LogP contribution in [0.4, 0.5) is 4.39 Å². The predicted molar refractivity (Wildman–Crippen MR) is 117 cm³/mol. The summed E-state index contributed by atoms with van der Waals surface area (Å²) < 4.78 is 21.1. The van der Waals surface area contributed by atoms with Crippen molar-refractivity contribution in [3.8, 4) is 17.1 Å². The van der Waals surface area contributed by atoms with E-state index in [-0.39, 0.29) is 11.4 Å². The number of rotatable bonds is 4. The Kier molecular flexibility index (Phi) is 5.24. The van der Waals surface area contributed by atoms with E-state index in [0.717, 1.165) is 68.5 Å². The second kappa shape index (κ2) is 8.05. The number of halogens is 1. The molecule has 1 spiro atoms. The molecule has 0 aliphatic carbocycles. The minimum Gasteiger partial charge on any atom is -0.497 e. The Labute approximate surface area is 182 Å². The molecular formula is C24H28FN5O. The molecule has 6 nitrogen and oxygen atoms in total. The number of benzene rings is 2. The van der Waals surface area contributed by atoms with Crippen LogP contribution < -0.4 is 4.74 Å². The first-order valence-electron chi connectivity index (χ1n) is 10.8. The number of ether oxygens (including phenoxy) is 1. The molecule has 7 heteroatoms. The Morgan fingerprint density at radius 1 is 1.00 bits per heavy atom. The highest BCUT2D eigenvalue weighted by Crippen LogP contribution is 2.39. The number of methoxy groups -OCH3 is 1. The molecule has 0 amide bonds. The highest BCUT2D eigenvalue weighted by molar-refractivity contribution is 5.56. The number of likely N-dealkylation sites (tertiary alicyclic amines) is 1. The molecule has 0 radical (unpaired) electrons. The first-order chi connectivity index (χ1) is 15.1. The lowest BCUT2D eigenvalue weighted by atomic mass is 9.84. The topological polar surface area (TPSA) is 46.4 Å². The summed E-state index contributed by atoms with van der Waals surface area (Å²) in [6.07, 6.45) is 2.07. The van der Waals surface area contributed by atoms with E-state index in [1.807, 2.05) is 12.1 Å². The molecule has 2 aromatic carbocycles. The number of aromatic nitrogens is 3. The summed E-state index contributed by atoms with van der Waals surface area (Å²) in [7, 11) is 3.85.